The summed E-state index contributed by atoms with van der Waals surface area (Å²) in [6.07, 6.45) is 0. The summed E-state index contributed by atoms with van der Waals surface area (Å²) in [5, 5.41) is 11.9. The molecule has 0 spiro atoms. The maximum atomic E-state index is 13.7. The molecule has 1 saturated heterocycles. The third-order valence-corrected chi connectivity index (χ3v) is 7.87. The minimum atomic E-state index is -1.00. The Morgan fingerprint density at radius 2 is 1.78 bits per heavy atom. The van der Waals surface area contributed by atoms with Crippen LogP contribution in [-0.2, 0) is 9.59 Å². The van der Waals surface area contributed by atoms with Crippen molar-refractivity contribution >= 4 is 44.1 Å². The monoisotopic (exact) mass is 574 g/mol. The zero-order valence-corrected chi connectivity index (χ0v) is 23.3. The van der Waals surface area contributed by atoms with Crippen LogP contribution in [-0.4, -0.2) is 55.8 Å². The Morgan fingerprint density at radius 3 is 2.54 bits per heavy atom. The van der Waals surface area contributed by atoms with E-state index in [0.29, 0.717) is 70.3 Å². The third-order valence-electron chi connectivity index (χ3n) is 6.85. The average Bonchev–Trinajstić information content (AvgIpc) is 3.53. The first-order valence-electron chi connectivity index (χ1n) is 12.9. The molecule has 0 bridgehead atoms. The van der Waals surface area contributed by atoms with Crippen LogP contribution < -0.4 is 28.6 Å². The molecular formula is C30H26N2O8S. The Balaban J connectivity index is 1.53. The number of fused-ring (bicyclic) bond motifs is 2. The molecule has 3 heterocycles. The van der Waals surface area contributed by atoms with E-state index in [-0.39, 0.29) is 11.3 Å². The van der Waals surface area contributed by atoms with Crippen molar-refractivity contribution in [1.29, 1.82) is 0 Å². The summed E-state index contributed by atoms with van der Waals surface area (Å²) in [7, 11) is 3.01. The number of carbonyl (C=O) groups is 2. The molecule has 10 nitrogen and oxygen atoms in total. The molecule has 1 N–H and O–H groups in total. The number of aliphatic hydroxyl groups is 1. The van der Waals surface area contributed by atoms with E-state index in [1.807, 2.05) is 13.0 Å². The molecule has 6 rings (SSSR count). The van der Waals surface area contributed by atoms with Crippen molar-refractivity contribution in [2.75, 3.05) is 38.9 Å². The molecule has 11 heteroatoms. The van der Waals surface area contributed by atoms with Crippen LogP contribution in [0.15, 0.2) is 60.2 Å². The van der Waals surface area contributed by atoms with Gasteiger partial charge >= 0.3 is 5.91 Å². The first-order valence-corrected chi connectivity index (χ1v) is 13.7. The van der Waals surface area contributed by atoms with Gasteiger partial charge in [-0.05, 0) is 61.0 Å². The van der Waals surface area contributed by atoms with Crippen LogP contribution in [0.4, 0.5) is 5.13 Å². The molecule has 0 saturated carbocycles. The quantitative estimate of drug-likeness (QED) is 0.183. The lowest BCUT2D eigenvalue weighted by Crippen LogP contribution is -2.29. The number of ketones is 1. The minimum Gasteiger partial charge on any atom is -0.507 e. The van der Waals surface area contributed by atoms with Gasteiger partial charge in [0, 0.05) is 5.56 Å². The summed E-state index contributed by atoms with van der Waals surface area (Å²) in [6, 6.07) is 14.4. The highest BCUT2D eigenvalue weighted by Crippen LogP contribution is 2.46. The highest BCUT2D eigenvalue weighted by atomic mass is 32.1. The van der Waals surface area contributed by atoms with Gasteiger partial charge in [-0.15, -0.1) is 0 Å². The van der Waals surface area contributed by atoms with Crippen molar-refractivity contribution < 1.29 is 38.4 Å². The number of benzene rings is 3. The van der Waals surface area contributed by atoms with Crippen molar-refractivity contribution in [2.45, 2.75) is 13.0 Å². The molecule has 2 aliphatic rings. The van der Waals surface area contributed by atoms with E-state index < -0.39 is 17.7 Å². The molecule has 0 aliphatic carbocycles. The van der Waals surface area contributed by atoms with Gasteiger partial charge in [0.15, 0.2) is 28.1 Å². The molecule has 1 amide bonds. The summed E-state index contributed by atoms with van der Waals surface area (Å²) >= 11 is 1.25. The van der Waals surface area contributed by atoms with Crippen LogP contribution in [0.5, 0.6) is 28.7 Å². The Bertz CT molecular complexity index is 1710. The van der Waals surface area contributed by atoms with E-state index >= 15 is 0 Å². The topological polar surface area (TPSA) is 117 Å². The highest BCUT2D eigenvalue weighted by Gasteiger charge is 2.48. The average molecular weight is 575 g/mol. The lowest BCUT2D eigenvalue weighted by molar-refractivity contribution is -0.132. The Morgan fingerprint density at radius 1 is 1.00 bits per heavy atom. The Kier molecular flexibility index (Phi) is 6.88. The third kappa shape index (κ3) is 4.57. The molecule has 3 aromatic carbocycles. The summed E-state index contributed by atoms with van der Waals surface area (Å²) in [6.45, 7) is 3.17. The normalized spacial score (nSPS) is 17.6. The molecule has 2 aliphatic heterocycles. The molecule has 1 aromatic heterocycles. The number of hydrogen-bond acceptors (Lipinski definition) is 10. The van der Waals surface area contributed by atoms with Gasteiger partial charge in [-0.2, -0.15) is 0 Å². The van der Waals surface area contributed by atoms with Gasteiger partial charge in [-0.25, -0.2) is 4.98 Å². The molecule has 0 radical (unpaired) electrons. The number of ether oxygens (including phenoxy) is 5. The van der Waals surface area contributed by atoms with E-state index in [2.05, 4.69) is 4.98 Å². The van der Waals surface area contributed by atoms with Crippen molar-refractivity contribution in [1.82, 2.24) is 4.98 Å². The van der Waals surface area contributed by atoms with Gasteiger partial charge in [0.05, 0.1) is 42.7 Å². The summed E-state index contributed by atoms with van der Waals surface area (Å²) in [5.74, 6) is 0.525. The van der Waals surface area contributed by atoms with E-state index in [4.69, 9.17) is 23.7 Å². The minimum absolute atomic E-state index is 0.0897. The van der Waals surface area contributed by atoms with Gasteiger partial charge in [0.1, 0.15) is 24.7 Å². The largest absolute Gasteiger partial charge is 0.507 e. The summed E-state index contributed by atoms with van der Waals surface area (Å²) in [5.41, 5.74) is 1.39. The van der Waals surface area contributed by atoms with E-state index in [1.165, 1.54) is 30.5 Å². The lowest BCUT2D eigenvalue weighted by Gasteiger charge is -2.24. The zero-order chi connectivity index (χ0) is 28.7. The van der Waals surface area contributed by atoms with Gasteiger partial charge in [-0.3, -0.25) is 14.5 Å². The van der Waals surface area contributed by atoms with Gasteiger partial charge in [-0.1, -0.05) is 17.4 Å². The second-order valence-electron chi connectivity index (χ2n) is 9.20. The fraction of sp³-hybridized carbons (Fsp3) is 0.233. The number of thiazole rings is 1. The molecule has 4 aromatic rings. The molecule has 41 heavy (non-hydrogen) atoms. The zero-order valence-electron chi connectivity index (χ0n) is 22.5. The lowest BCUT2D eigenvalue weighted by atomic mass is 9.95. The maximum Gasteiger partial charge on any atom is 0.301 e. The van der Waals surface area contributed by atoms with Crippen molar-refractivity contribution in [3.8, 4) is 28.7 Å². The fourth-order valence-corrected chi connectivity index (χ4v) is 5.99. The summed E-state index contributed by atoms with van der Waals surface area (Å²) in [4.78, 5) is 33.3. The number of aromatic nitrogens is 1. The van der Waals surface area contributed by atoms with Gasteiger partial charge < -0.3 is 28.8 Å². The van der Waals surface area contributed by atoms with Crippen molar-refractivity contribution in [3.63, 3.8) is 0 Å². The van der Waals surface area contributed by atoms with Crippen LogP contribution >= 0.6 is 11.3 Å². The van der Waals surface area contributed by atoms with Crippen LogP contribution in [0.2, 0.25) is 0 Å². The second-order valence-corrected chi connectivity index (χ2v) is 10.2. The molecule has 1 atom stereocenters. The SMILES string of the molecule is CCOc1ccc2nc(N3C(=O)C(=O)/C(=C(/O)c4ccc5c(c4)OCCO5)[C@@H]3c3ccc(OC)c(OC)c3)sc2c1. The number of carbonyl (C=O) groups excluding carboxylic acids is 2. The fourth-order valence-electron chi connectivity index (χ4n) is 4.97. The number of hydrogen-bond donors (Lipinski definition) is 1. The predicted molar refractivity (Wildman–Crippen MR) is 153 cm³/mol. The maximum absolute atomic E-state index is 13.7. The summed E-state index contributed by atoms with van der Waals surface area (Å²) < 4.78 is 28.6. The van der Waals surface area contributed by atoms with Crippen molar-refractivity contribution in [2.24, 2.45) is 0 Å². The van der Waals surface area contributed by atoms with Gasteiger partial charge in [0.25, 0.3) is 5.78 Å². The van der Waals surface area contributed by atoms with Crippen LogP contribution in [0.25, 0.3) is 16.0 Å². The Labute approximate surface area is 239 Å². The number of Topliss-reactive ketones (excluding diaryl/α,β-unsaturated/α-hetero) is 1. The molecule has 0 unspecified atom stereocenters. The van der Waals surface area contributed by atoms with Crippen LogP contribution in [0.3, 0.4) is 0 Å². The molecular weight excluding hydrogens is 548 g/mol. The number of methoxy groups -OCH3 is 2. The van der Waals surface area contributed by atoms with Crippen LogP contribution in [0, 0.1) is 0 Å². The Hall–Kier alpha value is -4.77. The number of anilines is 1. The van der Waals surface area contributed by atoms with Crippen molar-refractivity contribution in [3.05, 3.63) is 71.3 Å². The number of rotatable bonds is 7. The van der Waals surface area contributed by atoms with Crippen LogP contribution in [0.1, 0.15) is 24.1 Å². The highest BCUT2D eigenvalue weighted by molar-refractivity contribution is 7.22. The standard InChI is InChI=1S/C30H26N2O8S/c1-4-38-18-7-8-19-24(15-18)41-30(31-19)32-26(16-5-9-20(36-2)22(13-16)37-3)25(28(34)29(32)35)27(33)17-6-10-21-23(14-17)40-12-11-39-21/h5-10,13-15,26,33H,4,11-12H2,1-3H3/b27-25+/t26-/m0/s1. The smallest absolute Gasteiger partial charge is 0.301 e. The number of aliphatic hydroxyl groups excluding tert-OH is 1. The van der Waals surface area contributed by atoms with Gasteiger partial charge in [0.2, 0.25) is 0 Å². The first-order chi connectivity index (χ1) is 19.9. The number of nitrogens with zero attached hydrogens (tertiary/aromatic N) is 2. The van der Waals surface area contributed by atoms with E-state index in [9.17, 15) is 14.7 Å². The number of amides is 1. The predicted octanol–water partition coefficient (Wildman–Crippen LogP) is 5.11. The first kappa shape index (κ1) is 26.5. The molecule has 210 valence electrons. The molecule has 1 fully saturated rings. The van der Waals surface area contributed by atoms with E-state index in [1.54, 1.807) is 48.5 Å². The second kappa shape index (κ2) is 10.7. The van der Waals surface area contributed by atoms with E-state index in [0.717, 1.165) is 4.70 Å².